The van der Waals surface area contributed by atoms with Crippen molar-refractivity contribution < 1.29 is 18.7 Å². The van der Waals surface area contributed by atoms with E-state index in [2.05, 4.69) is 5.32 Å². The molecule has 0 aliphatic rings. The first-order valence-electron chi connectivity index (χ1n) is 5.76. The summed E-state index contributed by atoms with van der Waals surface area (Å²) in [5, 5.41) is 2.61. The zero-order valence-corrected chi connectivity index (χ0v) is 11.0. The quantitative estimate of drug-likeness (QED) is 0.922. The zero-order chi connectivity index (χ0) is 14.5. The van der Waals surface area contributed by atoms with Gasteiger partial charge < -0.3 is 19.2 Å². The molecule has 1 aromatic carbocycles. The molecule has 0 saturated carbocycles. The van der Waals surface area contributed by atoms with Crippen LogP contribution in [0.2, 0.25) is 0 Å². The number of ether oxygens (including phenoxy) is 2. The predicted octanol–water partition coefficient (Wildman–Crippen LogP) is 1.91. The smallest absolute Gasteiger partial charge is 0.291 e. The van der Waals surface area contributed by atoms with Gasteiger partial charge in [0, 0.05) is 11.8 Å². The van der Waals surface area contributed by atoms with Crippen LogP contribution in [0.25, 0.3) is 0 Å². The number of amides is 1. The molecule has 0 saturated heterocycles. The molecule has 0 aliphatic heterocycles. The maximum atomic E-state index is 11.9. The van der Waals surface area contributed by atoms with Gasteiger partial charge in [0.25, 0.3) is 5.91 Å². The first kappa shape index (κ1) is 13.7. The minimum absolute atomic E-state index is 0.0472. The third-order valence-electron chi connectivity index (χ3n) is 2.59. The average Bonchev–Trinajstić information content (AvgIpc) is 2.48. The maximum absolute atomic E-state index is 11.9. The van der Waals surface area contributed by atoms with Gasteiger partial charge in [0.2, 0.25) is 11.2 Å². The average molecular weight is 275 g/mol. The summed E-state index contributed by atoms with van der Waals surface area (Å²) >= 11 is 0. The van der Waals surface area contributed by atoms with Gasteiger partial charge in [-0.3, -0.25) is 9.59 Å². The molecule has 1 aromatic heterocycles. The summed E-state index contributed by atoms with van der Waals surface area (Å²) in [6.07, 6.45) is 1.10. The Labute approximate surface area is 114 Å². The summed E-state index contributed by atoms with van der Waals surface area (Å²) in [6.45, 7) is 0. The number of nitrogens with one attached hydrogen (secondary N) is 1. The van der Waals surface area contributed by atoms with Crippen LogP contribution < -0.4 is 20.2 Å². The van der Waals surface area contributed by atoms with E-state index in [-0.39, 0.29) is 11.5 Å². The molecule has 2 rings (SSSR count). The van der Waals surface area contributed by atoms with Crippen LogP contribution in [0.1, 0.15) is 10.6 Å². The van der Waals surface area contributed by atoms with Crippen LogP contribution >= 0.6 is 0 Å². The molecule has 1 N–H and O–H groups in total. The van der Waals surface area contributed by atoms with Gasteiger partial charge in [-0.1, -0.05) is 0 Å². The maximum Gasteiger partial charge on any atom is 0.291 e. The lowest BCUT2D eigenvalue weighted by Crippen LogP contribution is -2.15. The zero-order valence-electron chi connectivity index (χ0n) is 11.0. The van der Waals surface area contributed by atoms with Crippen molar-refractivity contribution in [3.63, 3.8) is 0 Å². The van der Waals surface area contributed by atoms with Crippen molar-refractivity contribution in [3.05, 3.63) is 52.6 Å². The fourth-order valence-corrected chi connectivity index (χ4v) is 1.53. The van der Waals surface area contributed by atoms with Gasteiger partial charge in [-0.15, -0.1) is 0 Å². The molecule has 0 radical (unpaired) electrons. The van der Waals surface area contributed by atoms with E-state index in [4.69, 9.17) is 13.9 Å². The third kappa shape index (κ3) is 2.97. The SMILES string of the molecule is COc1ccc(NC(=O)c2cc(=O)c(OC)co2)cc1. The summed E-state index contributed by atoms with van der Waals surface area (Å²) in [4.78, 5) is 23.4. The number of anilines is 1. The van der Waals surface area contributed by atoms with Crippen LogP contribution in [-0.2, 0) is 0 Å². The van der Waals surface area contributed by atoms with Gasteiger partial charge in [-0.05, 0) is 24.3 Å². The van der Waals surface area contributed by atoms with Crippen molar-refractivity contribution in [3.8, 4) is 11.5 Å². The Kier molecular flexibility index (Phi) is 4.05. The minimum atomic E-state index is -0.519. The fraction of sp³-hybridized carbons (Fsp3) is 0.143. The number of methoxy groups -OCH3 is 2. The van der Waals surface area contributed by atoms with E-state index in [0.717, 1.165) is 12.3 Å². The molecule has 2 aromatic rings. The number of hydrogen-bond donors (Lipinski definition) is 1. The molecular formula is C14H13NO5. The predicted molar refractivity (Wildman–Crippen MR) is 72.5 cm³/mol. The molecule has 0 spiro atoms. The molecule has 0 fully saturated rings. The largest absolute Gasteiger partial charge is 0.497 e. The molecule has 20 heavy (non-hydrogen) atoms. The van der Waals surface area contributed by atoms with Gasteiger partial charge in [0.15, 0.2) is 5.76 Å². The highest BCUT2D eigenvalue weighted by Gasteiger charge is 2.11. The third-order valence-corrected chi connectivity index (χ3v) is 2.59. The molecular weight excluding hydrogens is 262 g/mol. The Morgan fingerprint density at radius 3 is 2.40 bits per heavy atom. The monoisotopic (exact) mass is 275 g/mol. The molecule has 1 amide bonds. The second kappa shape index (κ2) is 5.92. The van der Waals surface area contributed by atoms with Crippen LogP contribution in [0.4, 0.5) is 5.69 Å². The highest BCUT2D eigenvalue weighted by Crippen LogP contribution is 2.16. The Bertz CT molecular complexity index is 660. The molecule has 0 unspecified atom stereocenters. The van der Waals surface area contributed by atoms with E-state index in [1.54, 1.807) is 31.4 Å². The number of carbonyl (C=O) groups excluding carboxylic acids is 1. The second-order valence-corrected chi connectivity index (χ2v) is 3.86. The van der Waals surface area contributed by atoms with Crippen LogP contribution in [0.5, 0.6) is 11.5 Å². The first-order chi connectivity index (χ1) is 9.63. The number of hydrogen-bond acceptors (Lipinski definition) is 5. The van der Waals surface area contributed by atoms with Gasteiger partial charge in [0.05, 0.1) is 14.2 Å². The first-order valence-corrected chi connectivity index (χ1v) is 5.76. The number of carbonyl (C=O) groups is 1. The summed E-state index contributed by atoms with van der Waals surface area (Å²) < 4.78 is 14.8. The molecule has 0 atom stereocenters. The molecule has 6 nitrogen and oxygen atoms in total. The van der Waals surface area contributed by atoms with Crippen LogP contribution in [0.15, 0.2) is 45.8 Å². The standard InChI is InChI=1S/C14H13NO5/c1-18-10-5-3-9(4-6-10)15-14(17)12-7-11(16)13(19-2)8-20-12/h3-8H,1-2H3,(H,15,17). The Balaban J connectivity index is 2.15. The summed E-state index contributed by atoms with van der Waals surface area (Å²) in [5.74, 6) is 0.117. The molecule has 0 bridgehead atoms. The minimum Gasteiger partial charge on any atom is -0.497 e. The van der Waals surface area contributed by atoms with Gasteiger partial charge >= 0.3 is 0 Å². The lowest BCUT2D eigenvalue weighted by atomic mass is 10.3. The lowest BCUT2D eigenvalue weighted by Gasteiger charge is -2.06. The number of rotatable bonds is 4. The van der Waals surface area contributed by atoms with E-state index >= 15 is 0 Å². The Hall–Kier alpha value is -2.76. The highest BCUT2D eigenvalue weighted by atomic mass is 16.5. The summed E-state index contributed by atoms with van der Waals surface area (Å²) in [5.41, 5.74) is 0.146. The van der Waals surface area contributed by atoms with E-state index in [1.807, 2.05) is 0 Å². The highest BCUT2D eigenvalue weighted by molar-refractivity contribution is 6.02. The van der Waals surface area contributed by atoms with Gasteiger partial charge in [-0.2, -0.15) is 0 Å². The fourth-order valence-electron chi connectivity index (χ4n) is 1.53. The van der Waals surface area contributed by atoms with Crippen molar-refractivity contribution >= 4 is 11.6 Å². The Morgan fingerprint density at radius 2 is 1.85 bits per heavy atom. The Morgan fingerprint density at radius 1 is 1.15 bits per heavy atom. The summed E-state index contributed by atoms with van der Waals surface area (Å²) in [6, 6.07) is 7.86. The van der Waals surface area contributed by atoms with Crippen molar-refractivity contribution in [1.82, 2.24) is 0 Å². The summed E-state index contributed by atoms with van der Waals surface area (Å²) in [7, 11) is 2.91. The normalized spacial score (nSPS) is 9.90. The molecule has 1 heterocycles. The van der Waals surface area contributed by atoms with Crippen molar-refractivity contribution in [1.29, 1.82) is 0 Å². The van der Waals surface area contributed by atoms with Crippen molar-refractivity contribution in [2.45, 2.75) is 0 Å². The van der Waals surface area contributed by atoms with Crippen LogP contribution in [-0.4, -0.2) is 20.1 Å². The van der Waals surface area contributed by atoms with E-state index < -0.39 is 11.3 Å². The van der Waals surface area contributed by atoms with Crippen molar-refractivity contribution in [2.75, 3.05) is 19.5 Å². The van der Waals surface area contributed by atoms with E-state index in [1.165, 1.54) is 7.11 Å². The van der Waals surface area contributed by atoms with Crippen LogP contribution in [0.3, 0.4) is 0 Å². The topological polar surface area (TPSA) is 77.8 Å². The van der Waals surface area contributed by atoms with Crippen molar-refractivity contribution in [2.24, 2.45) is 0 Å². The van der Waals surface area contributed by atoms with Gasteiger partial charge in [0.1, 0.15) is 12.0 Å². The van der Waals surface area contributed by atoms with E-state index in [9.17, 15) is 9.59 Å². The molecule has 104 valence electrons. The lowest BCUT2D eigenvalue weighted by molar-refractivity contribution is 0.0993. The second-order valence-electron chi connectivity index (χ2n) is 3.86. The van der Waals surface area contributed by atoms with Gasteiger partial charge in [-0.25, -0.2) is 0 Å². The molecule has 0 aliphatic carbocycles. The van der Waals surface area contributed by atoms with Crippen LogP contribution in [0, 0.1) is 0 Å². The number of benzene rings is 1. The molecule has 6 heteroatoms. The van der Waals surface area contributed by atoms with E-state index in [0.29, 0.717) is 11.4 Å².